The third kappa shape index (κ3) is 3.79. The molecule has 0 saturated heterocycles. The molecule has 0 fully saturated rings. The summed E-state index contributed by atoms with van der Waals surface area (Å²) in [5.41, 5.74) is 11.2. The van der Waals surface area contributed by atoms with E-state index in [-0.39, 0.29) is 0 Å². The molecule has 0 amide bonds. The quantitative estimate of drug-likeness (QED) is 0.182. The Kier molecular flexibility index (Phi) is 5.65. The molecular weight excluding hydrogens is 653 g/mol. The first-order valence-electron chi connectivity index (χ1n) is 17.7. The second-order valence-corrected chi connectivity index (χ2v) is 14.7. The van der Waals surface area contributed by atoms with Crippen LogP contribution in [0.4, 0.5) is 0 Å². The van der Waals surface area contributed by atoms with Gasteiger partial charge in [0.05, 0.1) is 22.1 Å². The molecule has 0 aliphatic rings. The molecular formula is C48H28N2OS. The summed E-state index contributed by atoms with van der Waals surface area (Å²) in [5, 5.41) is 9.88. The molecule has 0 unspecified atom stereocenters. The molecule has 4 heteroatoms. The zero-order valence-electron chi connectivity index (χ0n) is 27.9. The second-order valence-electron chi connectivity index (χ2n) is 13.7. The molecule has 3 nitrogen and oxygen atoms in total. The van der Waals surface area contributed by atoms with Crippen LogP contribution in [0.2, 0.25) is 0 Å². The molecule has 0 radical (unpaired) electrons. The van der Waals surface area contributed by atoms with Crippen molar-refractivity contribution in [2.45, 2.75) is 0 Å². The first-order chi connectivity index (χ1) is 25.8. The van der Waals surface area contributed by atoms with Crippen LogP contribution in [-0.4, -0.2) is 9.13 Å². The predicted octanol–water partition coefficient (Wildman–Crippen LogP) is 13.8. The maximum Gasteiger partial charge on any atom is 0.160 e. The van der Waals surface area contributed by atoms with Gasteiger partial charge < -0.3 is 13.6 Å². The van der Waals surface area contributed by atoms with Gasteiger partial charge in [-0.3, -0.25) is 0 Å². The number of furan rings is 1. The van der Waals surface area contributed by atoms with E-state index in [4.69, 9.17) is 4.42 Å². The highest BCUT2D eigenvalue weighted by Gasteiger charge is 2.21. The summed E-state index contributed by atoms with van der Waals surface area (Å²) in [4.78, 5) is 0. The van der Waals surface area contributed by atoms with Crippen LogP contribution in [0, 0.1) is 0 Å². The van der Waals surface area contributed by atoms with E-state index in [0.717, 1.165) is 38.7 Å². The van der Waals surface area contributed by atoms with Gasteiger partial charge in [0.2, 0.25) is 0 Å². The Balaban J connectivity index is 1.16. The van der Waals surface area contributed by atoms with Gasteiger partial charge in [-0.25, -0.2) is 0 Å². The highest BCUT2D eigenvalue weighted by atomic mass is 32.1. The van der Waals surface area contributed by atoms with E-state index in [1.807, 2.05) is 17.4 Å². The van der Waals surface area contributed by atoms with Gasteiger partial charge in [0, 0.05) is 63.9 Å². The van der Waals surface area contributed by atoms with E-state index in [0.29, 0.717) is 0 Å². The number of para-hydroxylation sites is 3. The topological polar surface area (TPSA) is 23.0 Å². The number of nitrogens with zero attached hydrogens (tertiary/aromatic N) is 2. The standard InChI is InChI=1S/C48H28N2OS/c1-3-11-31(12-4-1)49-40-25-20-29(27-39(40)45-41(49)26-24-38-35-16-8-10-18-44(35)52-48(38)45)30-19-21-33-36-22-23-37-34-15-7-9-17-43(34)51-47(37)46(36)50(42(33)28-30)32-13-5-2-6-14-32/h1-28H. The Labute approximate surface area is 301 Å². The molecule has 12 rings (SSSR count). The Morgan fingerprint density at radius 1 is 0.404 bits per heavy atom. The van der Waals surface area contributed by atoms with E-state index >= 15 is 0 Å². The first-order valence-corrected chi connectivity index (χ1v) is 18.5. The summed E-state index contributed by atoms with van der Waals surface area (Å²) < 4.78 is 14.1. The molecule has 4 aromatic heterocycles. The zero-order valence-corrected chi connectivity index (χ0v) is 28.7. The van der Waals surface area contributed by atoms with E-state index in [2.05, 4.69) is 173 Å². The van der Waals surface area contributed by atoms with Gasteiger partial charge in [0.1, 0.15) is 5.58 Å². The van der Waals surface area contributed by atoms with Crippen LogP contribution < -0.4 is 0 Å². The van der Waals surface area contributed by atoms with Crippen molar-refractivity contribution in [3.63, 3.8) is 0 Å². The molecule has 0 spiro atoms. The number of rotatable bonds is 3. The van der Waals surface area contributed by atoms with Crippen LogP contribution in [0.25, 0.3) is 108 Å². The lowest BCUT2D eigenvalue weighted by Gasteiger charge is -2.10. The largest absolute Gasteiger partial charge is 0.454 e. The van der Waals surface area contributed by atoms with E-state index in [9.17, 15) is 0 Å². The molecule has 0 atom stereocenters. The minimum absolute atomic E-state index is 0.909. The molecule has 242 valence electrons. The molecule has 0 N–H and O–H groups in total. The average Bonchev–Trinajstić information content (AvgIpc) is 3.95. The number of hydrogen-bond acceptors (Lipinski definition) is 2. The van der Waals surface area contributed by atoms with Crippen molar-refractivity contribution in [3.8, 4) is 22.5 Å². The molecule has 4 heterocycles. The van der Waals surface area contributed by atoms with Gasteiger partial charge in [-0.15, -0.1) is 11.3 Å². The normalized spacial score (nSPS) is 12.2. The van der Waals surface area contributed by atoms with Crippen LogP contribution >= 0.6 is 11.3 Å². The van der Waals surface area contributed by atoms with E-state index in [1.165, 1.54) is 69.6 Å². The molecule has 0 bridgehead atoms. The maximum atomic E-state index is 6.63. The maximum absolute atomic E-state index is 6.63. The summed E-state index contributed by atoms with van der Waals surface area (Å²) >= 11 is 1.90. The van der Waals surface area contributed by atoms with Crippen molar-refractivity contribution in [2.75, 3.05) is 0 Å². The summed E-state index contributed by atoms with van der Waals surface area (Å²) in [7, 11) is 0. The Morgan fingerprint density at radius 2 is 1.04 bits per heavy atom. The van der Waals surface area contributed by atoms with E-state index in [1.54, 1.807) is 0 Å². The van der Waals surface area contributed by atoms with Gasteiger partial charge in [-0.1, -0.05) is 103 Å². The van der Waals surface area contributed by atoms with Crippen molar-refractivity contribution >= 4 is 97.1 Å². The van der Waals surface area contributed by atoms with Crippen LogP contribution in [0.3, 0.4) is 0 Å². The molecule has 0 aliphatic carbocycles. The van der Waals surface area contributed by atoms with Gasteiger partial charge >= 0.3 is 0 Å². The summed E-state index contributed by atoms with van der Waals surface area (Å²) in [6.45, 7) is 0. The number of thiophene rings is 1. The smallest absolute Gasteiger partial charge is 0.160 e. The third-order valence-electron chi connectivity index (χ3n) is 10.9. The third-order valence-corrected chi connectivity index (χ3v) is 12.1. The number of hydrogen-bond donors (Lipinski definition) is 0. The molecule has 0 aliphatic heterocycles. The van der Waals surface area contributed by atoms with Gasteiger partial charge in [-0.2, -0.15) is 0 Å². The van der Waals surface area contributed by atoms with Crippen LogP contribution in [-0.2, 0) is 0 Å². The fraction of sp³-hybridized carbons (Fsp3) is 0. The predicted molar refractivity (Wildman–Crippen MR) is 221 cm³/mol. The van der Waals surface area contributed by atoms with Crippen LogP contribution in [0.1, 0.15) is 0 Å². The zero-order chi connectivity index (χ0) is 33.9. The Morgan fingerprint density at radius 3 is 1.88 bits per heavy atom. The van der Waals surface area contributed by atoms with Crippen LogP contribution in [0.5, 0.6) is 0 Å². The summed E-state index contributed by atoms with van der Waals surface area (Å²) in [6.07, 6.45) is 0. The van der Waals surface area contributed by atoms with Gasteiger partial charge in [0.25, 0.3) is 0 Å². The lowest BCUT2D eigenvalue weighted by Crippen LogP contribution is -1.94. The number of aromatic nitrogens is 2. The number of benzene rings is 8. The second kappa shape index (κ2) is 10.5. The molecule has 12 aromatic rings. The summed E-state index contributed by atoms with van der Waals surface area (Å²) in [6, 6.07) is 61.6. The number of fused-ring (bicyclic) bond motifs is 14. The summed E-state index contributed by atoms with van der Waals surface area (Å²) in [5.74, 6) is 0. The minimum Gasteiger partial charge on any atom is -0.454 e. The SMILES string of the molecule is c1ccc(-n2c3ccc(-c4ccc5c6ccc7c8ccccc8oc7c6n(-c6ccccc6)c5c4)cc3c3c4sc5ccccc5c4ccc32)cc1. The van der Waals surface area contributed by atoms with Crippen molar-refractivity contribution in [3.05, 3.63) is 170 Å². The highest BCUT2D eigenvalue weighted by molar-refractivity contribution is 7.26. The van der Waals surface area contributed by atoms with Crippen molar-refractivity contribution < 1.29 is 4.42 Å². The Hall–Kier alpha value is -6.62. The Bertz CT molecular complexity index is 3400. The van der Waals surface area contributed by atoms with Crippen molar-refractivity contribution in [1.82, 2.24) is 9.13 Å². The van der Waals surface area contributed by atoms with Crippen LogP contribution in [0.15, 0.2) is 174 Å². The highest BCUT2D eigenvalue weighted by Crippen LogP contribution is 2.45. The van der Waals surface area contributed by atoms with Gasteiger partial charge in [-0.05, 0) is 77.9 Å². The molecule has 8 aromatic carbocycles. The van der Waals surface area contributed by atoms with Crippen molar-refractivity contribution in [1.29, 1.82) is 0 Å². The fourth-order valence-corrected chi connectivity index (χ4v) is 9.88. The fourth-order valence-electron chi connectivity index (χ4n) is 8.62. The monoisotopic (exact) mass is 680 g/mol. The average molecular weight is 681 g/mol. The molecule has 52 heavy (non-hydrogen) atoms. The van der Waals surface area contributed by atoms with E-state index < -0.39 is 0 Å². The minimum atomic E-state index is 0.909. The lowest BCUT2D eigenvalue weighted by atomic mass is 10.0. The molecule has 0 saturated carbocycles. The van der Waals surface area contributed by atoms with Gasteiger partial charge in [0.15, 0.2) is 5.58 Å². The van der Waals surface area contributed by atoms with Crippen molar-refractivity contribution in [2.24, 2.45) is 0 Å². The lowest BCUT2D eigenvalue weighted by molar-refractivity contribution is 0.671. The first kappa shape index (κ1) is 28.1.